The first-order valence-electron chi connectivity index (χ1n) is 6.63. The van der Waals surface area contributed by atoms with E-state index in [0.717, 1.165) is 18.7 Å². The van der Waals surface area contributed by atoms with Gasteiger partial charge in [0, 0.05) is 31.1 Å². The van der Waals surface area contributed by atoms with E-state index in [4.69, 9.17) is 10.4 Å². The highest BCUT2D eigenvalue weighted by molar-refractivity contribution is 5.36. The molecule has 1 aromatic rings. The Morgan fingerprint density at radius 1 is 1.26 bits per heavy atom. The van der Waals surface area contributed by atoms with Gasteiger partial charge in [-0.25, -0.2) is 0 Å². The Hall–Kier alpha value is -1.81. The highest BCUT2D eigenvalue weighted by atomic mass is 16.2. The van der Waals surface area contributed by atoms with Gasteiger partial charge in [-0.3, -0.25) is 4.90 Å². The fourth-order valence-electron chi connectivity index (χ4n) is 2.09. The van der Waals surface area contributed by atoms with Crippen molar-refractivity contribution in [2.24, 2.45) is 0 Å². The number of benzene rings is 1. The summed E-state index contributed by atoms with van der Waals surface area (Å²) in [5, 5.41) is 17.3. The van der Waals surface area contributed by atoms with E-state index in [1.807, 2.05) is 12.1 Å². The van der Waals surface area contributed by atoms with Crippen LogP contribution < -0.4 is 0 Å². The van der Waals surface area contributed by atoms with Crippen LogP contribution in [0.4, 0.5) is 0 Å². The summed E-state index contributed by atoms with van der Waals surface area (Å²) in [5.41, 5.74) is 2.17. The molecule has 1 fully saturated rings. The predicted molar refractivity (Wildman–Crippen MR) is 74.1 cm³/mol. The lowest BCUT2D eigenvalue weighted by Gasteiger charge is -2.20. The molecule has 3 heteroatoms. The lowest BCUT2D eigenvalue weighted by Crippen LogP contribution is -2.26. The van der Waals surface area contributed by atoms with Gasteiger partial charge in [-0.1, -0.05) is 24.0 Å². The molecule has 98 valence electrons. The minimum atomic E-state index is -0.106. The molecular weight excluding hydrogens is 236 g/mol. The van der Waals surface area contributed by atoms with Crippen molar-refractivity contribution in [2.75, 3.05) is 13.2 Å². The van der Waals surface area contributed by atoms with Crippen LogP contribution in [0.15, 0.2) is 24.3 Å². The zero-order valence-corrected chi connectivity index (χ0v) is 11.0. The number of nitriles is 1. The molecule has 0 unspecified atom stereocenters. The van der Waals surface area contributed by atoms with Crippen LogP contribution >= 0.6 is 0 Å². The van der Waals surface area contributed by atoms with Crippen LogP contribution in [-0.4, -0.2) is 29.2 Å². The second-order valence-corrected chi connectivity index (χ2v) is 4.77. The molecule has 0 radical (unpaired) electrons. The molecule has 0 spiro atoms. The summed E-state index contributed by atoms with van der Waals surface area (Å²) in [5.74, 6) is 5.53. The van der Waals surface area contributed by atoms with Crippen molar-refractivity contribution in [3.05, 3.63) is 35.4 Å². The van der Waals surface area contributed by atoms with E-state index in [0.29, 0.717) is 12.5 Å². The van der Waals surface area contributed by atoms with Crippen molar-refractivity contribution in [1.82, 2.24) is 4.90 Å². The van der Waals surface area contributed by atoms with Crippen LogP contribution in [0.5, 0.6) is 0 Å². The van der Waals surface area contributed by atoms with Crippen molar-refractivity contribution in [1.29, 1.82) is 5.26 Å². The Kier molecular flexibility index (Phi) is 4.98. The number of hydrogen-bond acceptors (Lipinski definition) is 3. The lowest BCUT2D eigenvalue weighted by molar-refractivity contribution is 0.261. The van der Waals surface area contributed by atoms with Crippen molar-refractivity contribution in [3.63, 3.8) is 0 Å². The third-order valence-corrected chi connectivity index (χ3v) is 3.23. The van der Waals surface area contributed by atoms with Gasteiger partial charge in [-0.15, -0.1) is 0 Å². The molecule has 1 aromatic carbocycles. The summed E-state index contributed by atoms with van der Waals surface area (Å²) >= 11 is 0. The van der Waals surface area contributed by atoms with Gasteiger partial charge < -0.3 is 5.11 Å². The standard InChI is InChI=1S/C16H18N2O/c17-10-2-11-18(16-8-9-16)13-15-6-4-14(5-7-15)3-1-12-19/h4-7,16,19H,2,8-9,11-13H2. The van der Waals surface area contributed by atoms with Crippen molar-refractivity contribution >= 4 is 0 Å². The van der Waals surface area contributed by atoms with E-state index in [1.54, 1.807) is 0 Å². The summed E-state index contributed by atoms with van der Waals surface area (Å²) in [6.45, 7) is 1.65. The van der Waals surface area contributed by atoms with E-state index < -0.39 is 0 Å². The van der Waals surface area contributed by atoms with Gasteiger partial charge in [0.15, 0.2) is 0 Å². The third-order valence-electron chi connectivity index (χ3n) is 3.23. The Morgan fingerprint density at radius 3 is 2.58 bits per heavy atom. The first kappa shape index (κ1) is 13.6. The highest BCUT2D eigenvalue weighted by Crippen LogP contribution is 2.28. The monoisotopic (exact) mass is 254 g/mol. The zero-order chi connectivity index (χ0) is 13.5. The largest absolute Gasteiger partial charge is 0.384 e. The maximum absolute atomic E-state index is 8.69. The number of rotatable bonds is 5. The molecule has 1 aliphatic rings. The van der Waals surface area contributed by atoms with Gasteiger partial charge in [0.05, 0.1) is 6.07 Å². The van der Waals surface area contributed by atoms with Crippen LogP contribution in [0, 0.1) is 23.2 Å². The zero-order valence-electron chi connectivity index (χ0n) is 11.0. The summed E-state index contributed by atoms with van der Waals surface area (Å²) in [4.78, 5) is 2.39. The van der Waals surface area contributed by atoms with E-state index in [-0.39, 0.29) is 6.61 Å². The number of aliphatic hydroxyl groups excluding tert-OH is 1. The van der Waals surface area contributed by atoms with Gasteiger partial charge in [-0.2, -0.15) is 5.26 Å². The minimum absolute atomic E-state index is 0.106. The van der Waals surface area contributed by atoms with Crippen LogP contribution in [0.25, 0.3) is 0 Å². The molecular formula is C16H18N2O. The van der Waals surface area contributed by atoms with E-state index in [9.17, 15) is 0 Å². The minimum Gasteiger partial charge on any atom is -0.384 e. The molecule has 0 aliphatic heterocycles. The molecule has 2 rings (SSSR count). The molecule has 0 amide bonds. The Labute approximate surface area is 114 Å². The topological polar surface area (TPSA) is 47.3 Å². The molecule has 1 N–H and O–H groups in total. The van der Waals surface area contributed by atoms with E-state index in [2.05, 4.69) is 34.9 Å². The second-order valence-electron chi connectivity index (χ2n) is 4.77. The maximum atomic E-state index is 8.69. The fraction of sp³-hybridized carbons (Fsp3) is 0.438. The average molecular weight is 254 g/mol. The molecule has 1 saturated carbocycles. The Balaban J connectivity index is 1.95. The summed E-state index contributed by atoms with van der Waals surface area (Å²) < 4.78 is 0. The summed E-state index contributed by atoms with van der Waals surface area (Å²) in [6, 6.07) is 11.0. The predicted octanol–water partition coefficient (Wildman–Crippen LogP) is 1.91. The van der Waals surface area contributed by atoms with Gasteiger partial charge in [0.25, 0.3) is 0 Å². The molecule has 0 saturated heterocycles. The molecule has 3 nitrogen and oxygen atoms in total. The Morgan fingerprint density at radius 2 is 2.00 bits per heavy atom. The first-order chi connectivity index (χ1) is 9.33. The quantitative estimate of drug-likeness (QED) is 0.816. The molecule has 0 bridgehead atoms. The van der Waals surface area contributed by atoms with Crippen molar-refractivity contribution < 1.29 is 5.11 Å². The fourth-order valence-corrected chi connectivity index (χ4v) is 2.09. The normalized spacial score (nSPS) is 13.7. The van der Waals surface area contributed by atoms with Gasteiger partial charge in [0.2, 0.25) is 0 Å². The lowest BCUT2D eigenvalue weighted by atomic mass is 10.1. The third kappa shape index (κ3) is 4.41. The smallest absolute Gasteiger partial charge is 0.104 e. The molecule has 1 aliphatic carbocycles. The van der Waals surface area contributed by atoms with Crippen LogP contribution in [0.2, 0.25) is 0 Å². The molecule has 19 heavy (non-hydrogen) atoms. The van der Waals surface area contributed by atoms with Crippen LogP contribution in [0.3, 0.4) is 0 Å². The SMILES string of the molecule is N#CCCN(Cc1ccc(C#CCO)cc1)C1CC1. The van der Waals surface area contributed by atoms with E-state index >= 15 is 0 Å². The average Bonchev–Trinajstić information content (AvgIpc) is 3.27. The number of hydrogen-bond donors (Lipinski definition) is 1. The molecule has 0 heterocycles. The second kappa shape index (κ2) is 6.95. The van der Waals surface area contributed by atoms with Crippen molar-refractivity contribution in [3.8, 4) is 17.9 Å². The van der Waals surface area contributed by atoms with Gasteiger partial charge in [0.1, 0.15) is 6.61 Å². The Bertz CT molecular complexity index is 500. The van der Waals surface area contributed by atoms with Crippen molar-refractivity contribution in [2.45, 2.75) is 31.8 Å². The summed E-state index contributed by atoms with van der Waals surface area (Å²) in [6.07, 6.45) is 3.10. The maximum Gasteiger partial charge on any atom is 0.104 e. The van der Waals surface area contributed by atoms with Crippen LogP contribution in [-0.2, 0) is 6.54 Å². The number of nitrogens with zero attached hydrogens (tertiary/aromatic N) is 2. The van der Waals surface area contributed by atoms with Crippen LogP contribution in [0.1, 0.15) is 30.4 Å². The van der Waals surface area contributed by atoms with Gasteiger partial charge in [-0.05, 0) is 30.5 Å². The van der Waals surface area contributed by atoms with Gasteiger partial charge >= 0.3 is 0 Å². The summed E-state index contributed by atoms with van der Waals surface area (Å²) in [7, 11) is 0. The first-order valence-corrected chi connectivity index (χ1v) is 6.63. The highest BCUT2D eigenvalue weighted by Gasteiger charge is 2.28. The molecule has 0 atom stereocenters. The van der Waals surface area contributed by atoms with E-state index in [1.165, 1.54) is 18.4 Å². The molecule has 0 aromatic heterocycles. The number of aliphatic hydroxyl groups is 1.